The van der Waals surface area contributed by atoms with Crippen LogP contribution in [0.2, 0.25) is 0 Å². The average molecular weight is 386 g/mol. The lowest BCUT2D eigenvalue weighted by Crippen LogP contribution is -2.24. The molecule has 4 aromatic rings. The van der Waals surface area contributed by atoms with Crippen LogP contribution in [0.3, 0.4) is 0 Å². The first-order valence-corrected chi connectivity index (χ1v) is 9.23. The lowest BCUT2D eigenvalue weighted by molar-refractivity contribution is -0.112. The van der Waals surface area contributed by atoms with Gasteiger partial charge in [0.25, 0.3) is 11.7 Å². The molecule has 1 amide bonds. The number of pyridine rings is 1. The number of halogens is 1. The highest BCUT2D eigenvalue weighted by atomic mass is 19.1. The fourth-order valence-electron chi connectivity index (χ4n) is 3.32. The van der Waals surface area contributed by atoms with E-state index in [1.165, 1.54) is 12.1 Å². The Hall–Kier alpha value is -3.73. The van der Waals surface area contributed by atoms with Gasteiger partial charge in [-0.05, 0) is 73.0 Å². The number of rotatable bonds is 4. The number of Topliss-reactive ketones (excluding diaryl/α,β-unsaturated/α-hetero) is 1. The topological polar surface area (TPSA) is 50.6 Å². The Morgan fingerprint density at radius 2 is 1.66 bits per heavy atom. The van der Waals surface area contributed by atoms with Crippen molar-refractivity contribution in [2.75, 3.05) is 5.32 Å². The molecule has 0 aliphatic heterocycles. The SMILES string of the molecule is Cc1ccc(NC(=O)C(=O)c2c(-c3ccc(F)cc3)cc3ccccn23)cc1C. The summed E-state index contributed by atoms with van der Waals surface area (Å²) in [5.74, 6) is -1.74. The molecule has 2 aromatic carbocycles. The largest absolute Gasteiger partial charge is 0.319 e. The number of nitrogens with one attached hydrogen (secondary N) is 1. The number of aromatic nitrogens is 1. The highest BCUT2D eigenvalue weighted by Gasteiger charge is 2.25. The summed E-state index contributed by atoms with van der Waals surface area (Å²) in [5.41, 5.74) is 4.95. The molecule has 4 nitrogen and oxygen atoms in total. The van der Waals surface area contributed by atoms with Gasteiger partial charge in [-0.15, -0.1) is 0 Å². The van der Waals surface area contributed by atoms with Gasteiger partial charge in [0.1, 0.15) is 11.5 Å². The molecule has 0 saturated carbocycles. The molecule has 2 aromatic heterocycles. The third-order valence-corrected chi connectivity index (χ3v) is 5.02. The zero-order valence-electron chi connectivity index (χ0n) is 16.1. The van der Waals surface area contributed by atoms with Crippen LogP contribution in [0.1, 0.15) is 21.6 Å². The second kappa shape index (κ2) is 7.36. The van der Waals surface area contributed by atoms with Crippen LogP contribution in [0.4, 0.5) is 10.1 Å². The van der Waals surface area contributed by atoms with Crippen LogP contribution in [0.5, 0.6) is 0 Å². The normalized spacial score (nSPS) is 10.9. The number of ketones is 1. The zero-order valence-corrected chi connectivity index (χ0v) is 16.1. The molecule has 0 radical (unpaired) electrons. The van der Waals surface area contributed by atoms with Crippen LogP contribution in [0, 0.1) is 19.7 Å². The molecule has 144 valence electrons. The summed E-state index contributed by atoms with van der Waals surface area (Å²) >= 11 is 0. The second-order valence-corrected chi connectivity index (χ2v) is 6.99. The van der Waals surface area contributed by atoms with Crippen LogP contribution in [0.25, 0.3) is 16.6 Å². The maximum Gasteiger partial charge on any atom is 0.298 e. The molecule has 0 saturated heterocycles. The molecule has 0 aliphatic carbocycles. The lowest BCUT2D eigenvalue weighted by Gasteiger charge is -2.09. The smallest absolute Gasteiger partial charge is 0.298 e. The van der Waals surface area contributed by atoms with Gasteiger partial charge in [-0.2, -0.15) is 0 Å². The Morgan fingerprint density at radius 1 is 0.897 bits per heavy atom. The molecular weight excluding hydrogens is 367 g/mol. The molecule has 4 rings (SSSR count). The molecule has 1 N–H and O–H groups in total. The van der Waals surface area contributed by atoms with Crippen molar-refractivity contribution in [3.8, 4) is 11.1 Å². The number of aryl methyl sites for hydroxylation is 2. The van der Waals surface area contributed by atoms with E-state index in [9.17, 15) is 14.0 Å². The summed E-state index contributed by atoms with van der Waals surface area (Å²) in [6, 6.07) is 18.7. The van der Waals surface area contributed by atoms with Crippen molar-refractivity contribution in [1.82, 2.24) is 4.40 Å². The Bertz CT molecular complexity index is 1240. The summed E-state index contributed by atoms with van der Waals surface area (Å²) in [4.78, 5) is 25.9. The highest BCUT2D eigenvalue weighted by molar-refractivity contribution is 6.47. The molecule has 0 spiro atoms. The van der Waals surface area contributed by atoms with E-state index in [0.29, 0.717) is 16.8 Å². The zero-order chi connectivity index (χ0) is 20.5. The maximum atomic E-state index is 13.4. The van der Waals surface area contributed by atoms with Crippen molar-refractivity contribution < 1.29 is 14.0 Å². The van der Waals surface area contributed by atoms with Crippen LogP contribution in [-0.2, 0) is 4.79 Å². The molecule has 0 aliphatic rings. The summed E-state index contributed by atoms with van der Waals surface area (Å²) < 4.78 is 15.0. The van der Waals surface area contributed by atoms with Crippen molar-refractivity contribution >= 4 is 22.9 Å². The van der Waals surface area contributed by atoms with Gasteiger partial charge in [0.05, 0.1) is 0 Å². The number of hydrogen-bond donors (Lipinski definition) is 1. The average Bonchev–Trinajstić information content (AvgIpc) is 3.10. The summed E-state index contributed by atoms with van der Waals surface area (Å²) in [7, 11) is 0. The fraction of sp³-hybridized carbons (Fsp3) is 0.0833. The quantitative estimate of drug-likeness (QED) is 0.388. The van der Waals surface area contributed by atoms with Gasteiger partial charge < -0.3 is 9.72 Å². The predicted molar refractivity (Wildman–Crippen MR) is 112 cm³/mol. The molecule has 29 heavy (non-hydrogen) atoms. The van der Waals surface area contributed by atoms with Gasteiger partial charge >= 0.3 is 0 Å². The van der Waals surface area contributed by atoms with Gasteiger partial charge in [0.15, 0.2) is 0 Å². The monoisotopic (exact) mass is 386 g/mol. The number of nitrogens with zero attached hydrogens (tertiary/aromatic N) is 1. The van der Waals surface area contributed by atoms with Gasteiger partial charge in [0, 0.05) is 23.0 Å². The maximum absolute atomic E-state index is 13.4. The van der Waals surface area contributed by atoms with E-state index in [2.05, 4.69) is 5.32 Å². The second-order valence-electron chi connectivity index (χ2n) is 6.99. The van der Waals surface area contributed by atoms with E-state index >= 15 is 0 Å². The Kier molecular flexibility index (Phi) is 4.72. The van der Waals surface area contributed by atoms with E-state index < -0.39 is 11.7 Å². The number of hydrogen-bond acceptors (Lipinski definition) is 2. The molecule has 0 atom stereocenters. The van der Waals surface area contributed by atoms with Crippen LogP contribution < -0.4 is 5.32 Å². The first kappa shape index (κ1) is 18.6. The third-order valence-electron chi connectivity index (χ3n) is 5.02. The molecule has 2 heterocycles. The van der Waals surface area contributed by atoms with E-state index in [1.807, 2.05) is 44.2 Å². The minimum Gasteiger partial charge on any atom is -0.319 e. The molecule has 0 bridgehead atoms. The summed E-state index contributed by atoms with van der Waals surface area (Å²) in [6.07, 6.45) is 1.74. The number of amides is 1. The van der Waals surface area contributed by atoms with Crippen molar-refractivity contribution in [3.05, 3.63) is 95.6 Å². The van der Waals surface area contributed by atoms with E-state index in [4.69, 9.17) is 0 Å². The third kappa shape index (κ3) is 3.55. The van der Waals surface area contributed by atoms with Gasteiger partial charge in [-0.3, -0.25) is 9.59 Å². The first-order chi connectivity index (χ1) is 13.9. The molecule has 5 heteroatoms. The first-order valence-electron chi connectivity index (χ1n) is 9.23. The Morgan fingerprint density at radius 3 is 2.38 bits per heavy atom. The number of fused-ring (bicyclic) bond motifs is 1. The van der Waals surface area contributed by atoms with E-state index in [-0.39, 0.29) is 11.5 Å². The van der Waals surface area contributed by atoms with Crippen LogP contribution in [-0.4, -0.2) is 16.1 Å². The predicted octanol–water partition coefficient (Wildman–Crippen LogP) is 5.18. The van der Waals surface area contributed by atoms with Crippen molar-refractivity contribution in [3.63, 3.8) is 0 Å². The minimum absolute atomic E-state index is 0.244. The standard InChI is InChI=1S/C24H19FN2O2/c1-15-6-11-19(13-16(15)2)26-24(29)23(28)22-21(17-7-9-18(25)10-8-17)14-20-5-3-4-12-27(20)22/h3-14H,1-2H3,(H,26,29). The fourth-order valence-corrected chi connectivity index (χ4v) is 3.32. The molecule has 0 unspecified atom stereocenters. The Labute approximate surface area is 167 Å². The van der Waals surface area contributed by atoms with E-state index in [1.54, 1.807) is 34.9 Å². The van der Waals surface area contributed by atoms with Crippen molar-refractivity contribution in [2.45, 2.75) is 13.8 Å². The molecular formula is C24H19FN2O2. The van der Waals surface area contributed by atoms with E-state index in [0.717, 1.165) is 16.6 Å². The van der Waals surface area contributed by atoms with Crippen molar-refractivity contribution in [1.29, 1.82) is 0 Å². The summed E-state index contributed by atoms with van der Waals surface area (Å²) in [6.45, 7) is 3.92. The number of benzene rings is 2. The lowest BCUT2D eigenvalue weighted by atomic mass is 10.0. The van der Waals surface area contributed by atoms with Crippen molar-refractivity contribution in [2.24, 2.45) is 0 Å². The summed E-state index contributed by atoms with van der Waals surface area (Å²) in [5, 5.41) is 2.69. The minimum atomic E-state index is -0.722. The Balaban J connectivity index is 1.76. The van der Waals surface area contributed by atoms with Gasteiger partial charge in [-0.25, -0.2) is 4.39 Å². The van der Waals surface area contributed by atoms with Gasteiger partial charge in [0.2, 0.25) is 0 Å². The number of carbonyl (C=O) groups is 2. The highest BCUT2D eigenvalue weighted by Crippen LogP contribution is 2.29. The number of anilines is 1. The van der Waals surface area contributed by atoms with Crippen LogP contribution in [0.15, 0.2) is 72.9 Å². The van der Waals surface area contributed by atoms with Gasteiger partial charge in [-0.1, -0.05) is 24.3 Å². The van der Waals surface area contributed by atoms with Crippen LogP contribution >= 0.6 is 0 Å². The molecule has 0 fully saturated rings. The number of carbonyl (C=O) groups excluding carboxylic acids is 2.